The van der Waals surface area contributed by atoms with Crippen LogP contribution in [0.1, 0.15) is 42.1 Å². The van der Waals surface area contributed by atoms with Crippen molar-refractivity contribution in [2.75, 3.05) is 0 Å². The molecule has 3 rings (SSSR count). The second kappa shape index (κ2) is 4.30. The number of nitrogens with zero attached hydrogens (tertiary/aromatic N) is 2. The second-order valence-corrected chi connectivity index (χ2v) is 4.56. The van der Waals surface area contributed by atoms with Crippen LogP contribution in [0.2, 0.25) is 0 Å². The molecular formula is C13H15N3O. The van der Waals surface area contributed by atoms with Gasteiger partial charge in [0.1, 0.15) is 0 Å². The molecule has 0 saturated heterocycles. The van der Waals surface area contributed by atoms with E-state index in [0.29, 0.717) is 11.7 Å². The first-order valence-corrected chi connectivity index (χ1v) is 5.96. The van der Waals surface area contributed by atoms with E-state index in [1.165, 1.54) is 5.56 Å². The molecule has 17 heavy (non-hydrogen) atoms. The maximum Gasteiger partial charge on any atom is 0.229 e. The molecule has 0 radical (unpaired) electrons. The normalized spacial score (nSPS) is 17.0. The zero-order chi connectivity index (χ0) is 11.7. The molecule has 1 aliphatic carbocycles. The minimum Gasteiger partial charge on any atom is -0.339 e. The van der Waals surface area contributed by atoms with Crippen molar-refractivity contribution in [2.24, 2.45) is 5.73 Å². The summed E-state index contributed by atoms with van der Waals surface area (Å²) in [5.74, 6) is 1.86. The average Bonchev–Trinajstić information content (AvgIpc) is 3.08. The van der Waals surface area contributed by atoms with Crippen molar-refractivity contribution >= 4 is 0 Å². The Labute approximate surface area is 99.8 Å². The molecule has 0 amide bonds. The fourth-order valence-electron chi connectivity index (χ4n) is 1.85. The van der Waals surface area contributed by atoms with Crippen LogP contribution in [0.3, 0.4) is 0 Å². The lowest BCUT2D eigenvalue weighted by Crippen LogP contribution is -2.15. The smallest absolute Gasteiger partial charge is 0.229 e. The van der Waals surface area contributed by atoms with E-state index in [2.05, 4.69) is 22.3 Å². The maximum atomic E-state index is 6.08. The molecule has 2 N–H and O–H groups in total. The predicted octanol–water partition coefficient (Wildman–Crippen LogP) is 2.19. The number of benzene rings is 1. The highest BCUT2D eigenvalue weighted by Gasteiger charge is 2.30. The first-order valence-electron chi connectivity index (χ1n) is 5.96. The lowest BCUT2D eigenvalue weighted by Gasteiger charge is -2.06. The van der Waals surface area contributed by atoms with Crippen LogP contribution in [0.15, 0.2) is 34.9 Å². The molecule has 1 aromatic carbocycles. The van der Waals surface area contributed by atoms with Crippen LogP contribution < -0.4 is 5.73 Å². The third-order valence-corrected chi connectivity index (χ3v) is 3.01. The largest absolute Gasteiger partial charge is 0.339 e. The summed E-state index contributed by atoms with van der Waals surface area (Å²) in [6.45, 7) is 0. The van der Waals surface area contributed by atoms with Crippen LogP contribution in [-0.2, 0) is 6.42 Å². The van der Waals surface area contributed by atoms with Gasteiger partial charge in [0.15, 0.2) is 5.82 Å². The van der Waals surface area contributed by atoms with Gasteiger partial charge in [-0.25, -0.2) is 0 Å². The van der Waals surface area contributed by atoms with Gasteiger partial charge in [-0.3, -0.25) is 0 Å². The van der Waals surface area contributed by atoms with Crippen LogP contribution in [0, 0.1) is 0 Å². The molecule has 1 atom stereocenters. The van der Waals surface area contributed by atoms with Crippen molar-refractivity contribution in [3.63, 3.8) is 0 Å². The summed E-state index contributed by atoms with van der Waals surface area (Å²) in [7, 11) is 0. The van der Waals surface area contributed by atoms with Crippen molar-refractivity contribution in [2.45, 2.75) is 31.2 Å². The van der Waals surface area contributed by atoms with Gasteiger partial charge in [0.2, 0.25) is 5.89 Å². The Balaban J connectivity index is 1.70. The Morgan fingerprint density at radius 2 is 2.06 bits per heavy atom. The van der Waals surface area contributed by atoms with Gasteiger partial charge in [0, 0.05) is 5.92 Å². The lowest BCUT2D eigenvalue weighted by molar-refractivity contribution is 0.370. The van der Waals surface area contributed by atoms with E-state index in [4.69, 9.17) is 10.3 Å². The van der Waals surface area contributed by atoms with Crippen LogP contribution in [0.4, 0.5) is 0 Å². The van der Waals surface area contributed by atoms with Gasteiger partial charge in [0.25, 0.3) is 0 Å². The third kappa shape index (κ3) is 2.36. The summed E-state index contributed by atoms with van der Waals surface area (Å²) < 4.78 is 5.21. The molecule has 0 bridgehead atoms. The van der Waals surface area contributed by atoms with Crippen molar-refractivity contribution in [1.29, 1.82) is 0 Å². The zero-order valence-electron chi connectivity index (χ0n) is 9.54. The second-order valence-electron chi connectivity index (χ2n) is 4.56. The molecule has 4 heteroatoms. The molecule has 88 valence electrons. The average molecular weight is 229 g/mol. The lowest BCUT2D eigenvalue weighted by atomic mass is 10.1. The quantitative estimate of drug-likeness (QED) is 0.872. The molecule has 1 unspecified atom stereocenters. The number of nitrogens with two attached hydrogens (primary N) is 1. The Morgan fingerprint density at radius 1 is 1.29 bits per heavy atom. The van der Waals surface area contributed by atoms with Gasteiger partial charge >= 0.3 is 0 Å². The van der Waals surface area contributed by atoms with E-state index in [1.54, 1.807) is 0 Å². The van der Waals surface area contributed by atoms with E-state index >= 15 is 0 Å². The minimum atomic E-state index is -0.186. The molecule has 1 aliphatic rings. The van der Waals surface area contributed by atoms with Crippen LogP contribution in [0.5, 0.6) is 0 Å². The Kier molecular flexibility index (Phi) is 2.65. The Hall–Kier alpha value is -1.68. The molecule has 1 heterocycles. The summed E-state index contributed by atoms with van der Waals surface area (Å²) in [6, 6.07) is 9.94. The van der Waals surface area contributed by atoms with Crippen molar-refractivity contribution in [3.8, 4) is 0 Å². The monoisotopic (exact) mass is 229 g/mol. The maximum absolute atomic E-state index is 6.08. The van der Waals surface area contributed by atoms with Crippen LogP contribution >= 0.6 is 0 Å². The van der Waals surface area contributed by atoms with Crippen LogP contribution in [0.25, 0.3) is 0 Å². The number of hydrogen-bond donors (Lipinski definition) is 1. The van der Waals surface area contributed by atoms with Gasteiger partial charge in [-0.1, -0.05) is 35.5 Å². The number of rotatable bonds is 4. The molecule has 2 aromatic rings. The number of aromatic nitrogens is 2. The molecule has 4 nitrogen and oxygen atoms in total. The summed E-state index contributed by atoms with van der Waals surface area (Å²) in [4.78, 5) is 4.37. The predicted molar refractivity (Wildman–Crippen MR) is 63.3 cm³/mol. The SMILES string of the molecule is NC(Cc1ccccc1)c1noc(C2CC2)n1. The van der Waals surface area contributed by atoms with Gasteiger partial charge in [-0.2, -0.15) is 4.98 Å². The molecule has 0 aliphatic heterocycles. The molecule has 1 aromatic heterocycles. The standard InChI is InChI=1S/C13H15N3O/c14-11(8-9-4-2-1-3-5-9)12-15-13(17-16-12)10-6-7-10/h1-5,10-11H,6-8,14H2. The summed E-state index contributed by atoms with van der Waals surface area (Å²) in [6.07, 6.45) is 3.07. The van der Waals surface area contributed by atoms with Gasteiger partial charge < -0.3 is 10.3 Å². The Morgan fingerprint density at radius 3 is 2.76 bits per heavy atom. The zero-order valence-corrected chi connectivity index (χ0v) is 9.54. The van der Waals surface area contributed by atoms with Crippen molar-refractivity contribution in [3.05, 3.63) is 47.6 Å². The van der Waals surface area contributed by atoms with E-state index in [9.17, 15) is 0 Å². The highest BCUT2D eigenvalue weighted by atomic mass is 16.5. The highest BCUT2D eigenvalue weighted by Crippen LogP contribution is 2.39. The molecular weight excluding hydrogens is 214 g/mol. The van der Waals surface area contributed by atoms with Crippen LogP contribution in [-0.4, -0.2) is 10.1 Å². The first kappa shape index (κ1) is 10.5. The van der Waals surface area contributed by atoms with Gasteiger partial charge in [-0.05, 0) is 24.8 Å². The van der Waals surface area contributed by atoms with Crippen molar-refractivity contribution < 1.29 is 4.52 Å². The van der Waals surface area contributed by atoms with E-state index in [0.717, 1.165) is 25.2 Å². The van der Waals surface area contributed by atoms with E-state index in [1.807, 2.05) is 18.2 Å². The fourth-order valence-corrected chi connectivity index (χ4v) is 1.85. The van der Waals surface area contributed by atoms with Gasteiger partial charge in [0.05, 0.1) is 6.04 Å². The highest BCUT2D eigenvalue weighted by molar-refractivity contribution is 5.17. The van der Waals surface area contributed by atoms with Crippen molar-refractivity contribution in [1.82, 2.24) is 10.1 Å². The van der Waals surface area contributed by atoms with E-state index < -0.39 is 0 Å². The first-order chi connectivity index (χ1) is 8.33. The fraction of sp³-hybridized carbons (Fsp3) is 0.385. The topological polar surface area (TPSA) is 64.9 Å². The summed E-state index contributed by atoms with van der Waals surface area (Å²) in [5, 5.41) is 3.96. The number of hydrogen-bond acceptors (Lipinski definition) is 4. The minimum absolute atomic E-state index is 0.186. The third-order valence-electron chi connectivity index (χ3n) is 3.01. The molecule has 1 saturated carbocycles. The van der Waals surface area contributed by atoms with Gasteiger partial charge in [-0.15, -0.1) is 0 Å². The summed E-state index contributed by atoms with van der Waals surface area (Å²) >= 11 is 0. The molecule has 0 spiro atoms. The summed E-state index contributed by atoms with van der Waals surface area (Å²) in [5.41, 5.74) is 7.27. The molecule has 1 fully saturated rings. The van der Waals surface area contributed by atoms with E-state index in [-0.39, 0.29) is 6.04 Å². The Bertz CT molecular complexity index is 490.